The van der Waals surface area contributed by atoms with Gasteiger partial charge in [0.2, 0.25) is 0 Å². The molecule has 0 spiro atoms. The van der Waals surface area contributed by atoms with Crippen LogP contribution in [0.5, 0.6) is 0 Å². The summed E-state index contributed by atoms with van der Waals surface area (Å²) in [5, 5.41) is 0. The van der Waals surface area contributed by atoms with Crippen LogP contribution >= 0.6 is 0 Å². The van der Waals surface area contributed by atoms with Crippen LogP contribution in [0.15, 0.2) is 48.5 Å². The number of halogens is 1. The minimum absolute atomic E-state index is 0.0818. The van der Waals surface area contributed by atoms with Crippen LogP contribution in [0.3, 0.4) is 0 Å². The molecule has 0 aliphatic carbocycles. The van der Waals surface area contributed by atoms with E-state index in [1.807, 2.05) is 19.9 Å². The van der Waals surface area contributed by atoms with Gasteiger partial charge >= 0.3 is 5.97 Å². The number of methoxy groups -OCH3 is 1. The SMILES string of the molecule is COC(=O)C(C(C)C)N(C)C(=O)c1cccc(-c2ccc(F)cc2)c1. The van der Waals surface area contributed by atoms with E-state index in [-0.39, 0.29) is 17.6 Å². The van der Waals surface area contributed by atoms with Crippen LogP contribution in [0.2, 0.25) is 0 Å². The molecule has 2 aromatic carbocycles. The zero-order valence-corrected chi connectivity index (χ0v) is 14.8. The summed E-state index contributed by atoms with van der Waals surface area (Å²) in [7, 11) is 2.90. The summed E-state index contributed by atoms with van der Waals surface area (Å²) in [6.45, 7) is 3.72. The van der Waals surface area contributed by atoms with Gasteiger partial charge in [-0.2, -0.15) is 0 Å². The topological polar surface area (TPSA) is 46.6 Å². The first-order valence-electron chi connectivity index (χ1n) is 8.06. The van der Waals surface area contributed by atoms with Crippen LogP contribution in [0.1, 0.15) is 24.2 Å². The van der Waals surface area contributed by atoms with E-state index < -0.39 is 12.0 Å². The van der Waals surface area contributed by atoms with Crippen molar-refractivity contribution in [3.63, 3.8) is 0 Å². The standard InChI is InChI=1S/C20H22FNO3/c1-13(2)18(20(24)25-4)22(3)19(23)16-7-5-6-15(12-16)14-8-10-17(21)11-9-14/h5-13,18H,1-4H3. The Morgan fingerprint density at radius 1 is 1.04 bits per heavy atom. The van der Waals surface area contributed by atoms with Gasteiger partial charge in [0.25, 0.3) is 5.91 Å². The minimum atomic E-state index is -0.660. The number of amides is 1. The van der Waals surface area contributed by atoms with E-state index >= 15 is 0 Å². The van der Waals surface area contributed by atoms with E-state index in [4.69, 9.17) is 4.74 Å². The van der Waals surface area contributed by atoms with Crippen LogP contribution in [-0.4, -0.2) is 37.0 Å². The second-order valence-electron chi connectivity index (χ2n) is 6.22. The zero-order chi connectivity index (χ0) is 18.6. The molecule has 0 aliphatic rings. The molecule has 0 saturated carbocycles. The molecule has 0 saturated heterocycles. The Bertz CT molecular complexity index is 756. The molecule has 1 amide bonds. The predicted octanol–water partition coefficient (Wildman–Crippen LogP) is 3.76. The van der Waals surface area contributed by atoms with E-state index in [9.17, 15) is 14.0 Å². The molecular weight excluding hydrogens is 321 g/mol. The van der Waals surface area contributed by atoms with Crippen LogP contribution in [0.4, 0.5) is 4.39 Å². The lowest BCUT2D eigenvalue weighted by molar-refractivity contribution is -0.147. The number of carbonyl (C=O) groups excluding carboxylic acids is 2. The average molecular weight is 343 g/mol. The number of ether oxygens (including phenoxy) is 1. The van der Waals surface area contributed by atoms with Crippen molar-refractivity contribution in [1.82, 2.24) is 4.90 Å². The summed E-state index contributed by atoms with van der Waals surface area (Å²) in [5.74, 6) is -1.11. The maximum Gasteiger partial charge on any atom is 0.328 e. The highest BCUT2D eigenvalue weighted by atomic mass is 19.1. The van der Waals surface area contributed by atoms with Crippen molar-refractivity contribution in [2.75, 3.05) is 14.2 Å². The van der Waals surface area contributed by atoms with Crippen molar-refractivity contribution in [1.29, 1.82) is 0 Å². The number of esters is 1. The molecule has 0 radical (unpaired) electrons. The number of nitrogens with zero attached hydrogens (tertiary/aromatic N) is 1. The number of carbonyl (C=O) groups is 2. The molecule has 0 aromatic heterocycles. The van der Waals surface area contributed by atoms with Gasteiger partial charge in [-0.05, 0) is 41.3 Å². The number of likely N-dealkylation sites (N-methyl/N-ethyl adjacent to an activating group) is 1. The molecule has 1 unspecified atom stereocenters. The highest BCUT2D eigenvalue weighted by Crippen LogP contribution is 2.22. The Morgan fingerprint density at radius 3 is 2.24 bits per heavy atom. The monoisotopic (exact) mass is 343 g/mol. The quantitative estimate of drug-likeness (QED) is 0.777. The van der Waals surface area contributed by atoms with Gasteiger partial charge in [-0.25, -0.2) is 9.18 Å². The molecule has 0 fully saturated rings. The molecule has 4 nitrogen and oxygen atoms in total. The Balaban J connectivity index is 2.31. The van der Waals surface area contributed by atoms with E-state index in [2.05, 4.69) is 0 Å². The van der Waals surface area contributed by atoms with Crippen molar-refractivity contribution in [2.45, 2.75) is 19.9 Å². The van der Waals surface area contributed by atoms with E-state index in [1.165, 1.54) is 24.1 Å². The minimum Gasteiger partial charge on any atom is -0.467 e. The third kappa shape index (κ3) is 4.24. The average Bonchev–Trinajstić information content (AvgIpc) is 2.61. The fraction of sp³-hybridized carbons (Fsp3) is 0.300. The van der Waals surface area contributed by atoms with Crippen molar-refractivity contribution in [3.05, 3.63) is 59.9 Å². The molecule has 0 bridgehead atoms. The zero-order valence-electron chi connectivity index (χ0n) is 14.8. The summed E-state index contributed by atoms with van der Waals surface area (Å²) in [4.78, 5) is 26.2. The maximum atomic E-state index is 13.1. The number of rotatable bonds is 5. The fourth-order valence-corrected chi connectivity index (χ4v) is 2.80. The lowest BCUT2D eigenvalue weighted by Crippen LogP contribution is -2.46. The number of hydrogen-bond acceptors (Lipinski definition) is 3. The van der Waals surface area contributed by atoms with Gasteiger partial charge in [0, 0.05) is 12.6 Å². The highest BCUT2D eigenvalue weighted by Gasteiger charge is 2.31. The van der Waals surface area contributed by atoms with Crippen molar-refractivity contribution in [2.24, 2.45) is 5.92 Å². The fourth-order valence-electron chi connectivity index (χ4n) is 2.80. The summed E-state index contributed by atoms with van der Waals surface area (Å²) in [6, 6.07) is 12.5. The van der Waals surface area contributed by atoms with Crippen LogP contribution in [0, 0.1) is 11.7 Å². The second kappa shape index (κ2) is 7.92. The first kappa shape index (κ1) is 18.6. The highest BCUT2D eigenvalue weighted by molar-refractivity contribution is 5.97. The lowest BCUT2D eigenvalue weighted by Gasteiger charge is -2.29. The van der Waals surface area contributed by atoms with Crippen molar-refractivity contribution in [3.8, 4) is 11.1 Å². The van der Waals surface area contributed by atoms with Gasteiger partial charge in [-0.1, -0.05) is 38.1 Å². The van der Waals surface area contributed by atoms with Crippen LogP contribution in [0.25, 0.3) is 11.1 Å². The van der Waals surface area contributed by atoms with E-state index in [0.29, 0.717) is 5.56 Å². The van der Waals surface area contributed by atoms with Crippen LogP contribution in [-0.2, 0) is 9.53 Å². The molecule has 5 heteroatoms. The summed E-state index contributed by atoms with van der Waals surface area (Å²) in [6.07, 6.45) is 0. The van der Waals surface area contributed by atoms with E-state index in [0.717, 1.165) is 11.1 Å². The Hall–Kier alpha value is -2.69. The third-order valence-corrected chi connectivity index (χ3v) is 4.10. The molecule has 0 aliphatic heterocycles. The molecule has 2 rings (SSSR count). The number of hydrogen-bond donors (Lipinski definition) is 0. The van der Waals surface area contributed by atoms with Crippen LogP contribution < -0.4 is 0 Å². The Morgan fingerprint density at radius 2 is 1.68 bits per heavy atom. The second-order valence-corrected chi connectivity index (χ2v) is 6.22. The normalized spacial score (nSPS) is 11.9. The Kier molecular flexibility index (Phi) is 5.91. The molecule has 2 aromatic rings. The maximum absolute atomic E-state index is 13.1. The largest absolute Gasteiger partial charge is 0.467 e. The van der Waals surface area contributed by atoms with Gasteiger partial charge in [-0.3, -0.25) is 4.79 Å². The number of benzene rings is 2. The molecule has 1 atom stereocenters. The smallest absolute Gasteiger partial charge is 0.328 e. The van der Waals surface area contributed by atoms with Gasteiger partial charge in [0.1, 0.15) is 11.9 Å². The summed E-state index contributed by atoms with van der Waals surface area (Å²) < 4.78 is 17.9. The van der Waals surface area contributed by atoms with Crippen molar-refractivity contribution >= 4 is 11.9 Å². The van der Waals surface area contributed by atoms with Crippen molar-refractivity contribution < 1.29 is 18.7 Å². The van der Waals surface area contributed by atoms with Gasteiger partial charge < -0.3 is 9.64 Å². The van der Waals surface area contributed by atoms with Gasteiger partial charge in [-0.15, -0.1) is 0 Å². The summed E-state index contributed by atoms with van der Waals surface area (Å²) >= 11 is 0. The molecule has 132 valence electrons. The molecular formula is C20H22FNO3. The third-order valence-electron chi connectivity index (χ3n) is 4.10. The predicted molar refractivity (Wildman–Crippen MR) is 94.6 cm³/mol. The summed E-state index contributed by atoms with van der Waals surface area (Å²) in [5.41, 5.74) is 2.07. The lowest BCUT2D eigenvalue weighted by atomic mass is 10.00. The van der Waals surface area contributed by atoms with Gasteiger partial charge in [0.15, 0.2) is 0 Å². The van der Waals surface area contributed by atoms with E-state index in [1.54, 1.807) is 37.4 Å². The molecule has 25 heavy (non-hydrogen) atoms. The molecule has 0 heterocycles. The first-order chi connectivity index (χ1) is 11.8. The first-order valence-corrected chi connectivity index (χ1v) is 8.06. The Labute approximate surface area is 147 Å². The molecule has 0 N–H and O–H groups in total. The van der Waals surface area contributed by atoms with Gasteiger partial charge in [0.05, 0.1) is 7.11 Å².